The predicted molar refractivity (Wildman–Crippen MR) is 72.3 cm³/mol. The number of nitrogens with one attached hydrogen (secondary N) is 1. The normalized spacial score (nSPS) is 14.8. The Morgan fingerprint density at radius 1 is 1.50 bits per heavy atom. The number of carbonyl (C=O) groups is 1. The minimum Gasteiger partial charge on any atom is -0.351 e. The van der Waals surface area contributed by atoms with Gasteiger partial charge in [0.15, 0.2) is 0 Å². The molecule has 1 aromatic carbocycles. The fraction of sp³-hybridized carbons (Fsp3) is 0.500. The Kier molecular flexibility index (Phi) is 4.33. The van der Waals surface area contributed by atoms with Gasteiger partial charge in [-0.15, -0.1) is 0 Å². The van der Waals surface area contributed by atoms with Crippen LogP contribution >= 0.6 is 0 Å². The van der Waals surface area contributed by atoms with Crippen LogP contribution in [0.3, 0.4) is 0 Å². The average Bonchev–Trinajstić information content (AvgIpc) is 3.23. The van der Waals surface area contributed by atoms with Crippen LogP contribution in [0.4, 0.5) is 0 Å². The smallest absolute Gasteiger partial charge is 0.251 e. The van der Waals surface area contributed by atoms with Crippen LogP contribution in [0.25, 0.3) is 0 Å². The lowest BCUT2D eigenvalue weighted by molar-refractivity contribution is 0.0949. The second-order valence-electron chi connectivity index (χ2n) is 4.87. The van der Waals surface area contributed by atoms with Crippen LogP contribution in [-0.2, 0) is 6.54 Å². The van der Waals surface area contributed by atoms with Gasteiger partial charge in [0.05, 0.1) is 0 Å². The van der Waals surface area contributed by atoms with Crippen molar-refractivity contribution in [1.82, 2.24) is 10.2 Å². The van der Waals surface area contributed by atoms with Gasteiger partial charge in [0.2, 0.25) is 0 Å². The van der Waals surface area contributed by atoms with E-state index in [9.17, 15) is 4.79 Å². The van der Waals surface area contributed by atoms with E-state index < -0.39 is 0 Å². The number of nitrogens with two attached hydrogens (primary N) is 1. The molecule has 0 aromatic heterocycles. The van der Waals surface area contributed by atoms with Gasteiger partial charge >= 0.3 is 0 Å². The highest BCUT2D eigenvalue weighted by molar-refractivity contribution is 5.94. The highest BCUT2D eigenvalue weighted by Crippen LogP contribution is 2.24. The molecule has 0 radical (unpaired) electrons. The van der Waals surface area contributed by atoms with Gasteiger partial charge in [-0.25, -0.2) is 0 Å². The zero-order chi connectivity index (χ0) is 13.0. The molecule has 0 aliphatic heterocycles. The third-order valence-electron chi connectivity index (χ3n) is 3.35. The van der Waals surface area contributed by atoms with Gasteiger partial charge in [0.25, 0.3) is 5.91 Å². The summed E-state index contributed by atoms with van der Waals surface area (Å²) in [6.07, 6.45) is 2.59. The molecule has 0 heterocycles. The molecule has 0 spiro atoms. The van der Waals surface area contributed by atoms with Crippen LogP contribution in [-0.4, -0.2) is 37.0 Å². The van der Waals surface area contributed by atoms with Crippen LogP contribution in [0.2, 0.25) is 0 Å². The zero-order valence-electron chi connectivity index (χ0n) is 10.9. The van der Waals surface area contributed by atoms with Gasteiger partial charge < -0.3 is 16.0 Å². The predicted octanol–water partition coefficient (Wildman–Crippen LogP) is 0.969. The quantitative estimate of drug-likeness (QED) is 0.787. The summed E-state index contributed by atoms with van der Waals surface area (Å²) in [6.45, 7) is 2.07. The SMILES string of the molecule is CN(CCNC(=O)c1cccc(CN)c1)C1CC1. The molecule has 4 heteroatoms. The second kappa shape index (κ2) is 5.98. The van der Waals surface area contributed by atoms with Crippen LogP contribution in [0.1, 0.15) is 28.8 Å². The summed E-state index contributed by atoms with van der Waals surface area (Å²) in [5.74, 6) is -0.0190. The molecular formula is C14H21N3O. The maximum absolute atomic E-state index is 11.9. The highest BCUT2D eigenvalue weighted by atomic mass is 16.1. The topological polar surface area (TPSA) is 58.4 Å². The number of hydrogen-bond acceptors (Lipinski definition) is 3. The van der Waals surface area contributed by atoms with E-state index in [0.29, 0.717) is 18.7 Å². The molecule has 0 unspecified atom stereocenters. The van der Waals surface area contributed by atoms with Crippen molar-refractivity contribution >= 4 is 5.91 Å². The Labute approximate surface area is 108 Å². The lowest BCUT2D eigenvalue weighted by Gasteiger charge is -2.15. The van der Waals surface area contributed by atoms with Crippen molar-refractivity contribution in [3.05, 3.63) is 35.4 Å². The minimum absolute atomic E-state index is 0.0190. The molecular weight excluding hydrogens is 226 g/mol. The molecule has 2 rings (SSSR count). The molecule has 18 heavy (non-hydrogen) atoms. The summed E-state index contributed by atoms with van der Waals surface area (Å²) < 4.78 is 0. The molecule has 1 aromatic rings. The van der Waals surface area contributed by atoms with Crippen LogP contribution in [0.5, 0.6) is 0 Å². The summed E-state index contributed by atoms with van der Waals surface area (Å²) in [7, 11) is 2.11. The van der Waals surface area contributed by atoms with Gasteiger partial charge in [-0.2, -0.15) is 0 Å². The Bertz CT molecular complexity index is 415. The fourth-order valence-electron chi connectivity index (χ4n) is 1.99. The Morgan fingerprint density at radius 2 is 2.28 bits per heavy atom. The van der Waals surface area contributed by atoms with Gasteiger partial charge in [0.1, 0.15) is 0 Å². The molecule has 0 bridgehead atoms. The molecule has 4 nitrogen and oxygen atoms in total. The minimum atomic E-state index is -0.0190. The summed E-state index contributed by atoms with van der Waals surface area (Å²) in [5.41, 5.74) is 7.23. The van der Waals surface area contributed by atoms with Crippen molar-refractivity contribution in [3.8, 4) is 0 Å². The van der Waals surface area contributed by atoms with Crippen LogP contribution < -0.4 is 11.1 Å². The summed E-state index contributed by atoms with van der Waals surface area (Å²) in [6, 6.07) is 8.20. The van der Waals surface area contributed by atoms with Gasteiger partial charge in [-0.05, 0) is 37.6 Å². The lowest BCUT2D eigenvalue weighted by Crippen LogP contribution is -2.34. The van der Waals surface area contributed by atoms with E-state index in [4.69, 9.17) is 5.73 Å². The maximum Gasteiger partial charge on any atom is 0.251 e. The van der Waals surface area contributed by atoms with Crippen molar-refractivity contribution in [1.29, 1.82) is 0 Å². The Morgan fingerprint density at radius 3 is 2.94 bits per heavy atom. The molecule has 1 saturated carbocycles. The second-order valence-corrected chi connectivity index (χ2v) is 4.87. The van der Waals surface area contributed by atoms with E-state index in [-0.39, 0.29) is 5.91 Å². The van der Waals surface area contributed by atoms with E-state index in [2.05, 4.69) is 17.3 Å². The fourth-order valence-corrected chi connectivity index (χ4v) is 1.99. The molecule has 1 amide bonds. The first-order valence-corrected chi connectivity index (χ1v) is 6.48. The molecule has 1 aliphatic rings. The number of rotatable bonds is 6. The summed E-state index contributed by atoms with van der Waals surface area (Å²) in [5, 5.41) is 2.94. The maximum atomic E-state index is 11.9. The number of hydrogen-bond donors (Lipinski definition) is 2. The van der Waals surface area contributed by atoms with Crippen molar-refractivity contribution < 1.29 is 4.79 Å². The van der Waals surface area contributed by atoms with Crippen LogP contribution in [0, 0.1) is 0 Å². The summed E-state index contributed by atoms with van der Waals surface area (Å²) in [4.78, 5) is 14.2. The number of amides is 1. The third-order valence-corrected chi connectivity index (χ3v) is 3.35. The molecule has 1 fully saturated rings. The Balaban J connectivity index is 1.79. The van der Waals surface area contributed by atoms with Crippen molar-refractivity contribution in [2.75, 3.05) is 20.1 Å². The van der Waals surface area contributed by atoms with E-state index >= 15 is 0 Å². The van der Waals surface area contributed by atoms with Gasteiger partial charge in [-0.3, -0.25) is 4.79 Å². The molecule has 1 aliphatic carbocycles. The molecule has 98 valence electrons. The first kappa shape index (κ1) is 13.1. The van der Waals surface area contributed by atoms with E-state index in [0.717, 1.165) is 18.2 Å². The van der Waals surface area contributed by atoms with Crippen LogP contribution in [0.15, 0.2) is 24.3 Å². The van der Waals surface area contributed by atoms with Gasteiger partial charge in [0, 0.05) is 31.2 Å². The molecule has 3 N–H and O–H groups in total. The van der Waals surface area contributed by atoms with E-state index in [1.807, 2.05) is 24.3 Å². The average molecular weight is 247 g/mol. The van der Waals surface area contributed by atoms with Crippen molar-refractivity contribution in [2.24, 2.45) is 5.73 Å². The zero-order valence-corrected chi connectivity index (χ0v) is 10.9. The summed E-state index contributed by atoms with van der Waals surface area (Å²) >= 11 is 0. The standard InChI is InChI=1S/C14H21N3O/c1-17(13-5-6-13)8-7-16-14(18)12-4-2-3-11(9-12)10-15/h2-4,9,13H,5-8,10,15H2,1H3,(H,16,18). The number of benzene rings is 1. The van der Waals surface area contributed by atoms with Gasteiger partial charge in [-0.1, -0.05) is 12.1 Å². The Hall–Kier alpha value is -1.39. The highest BCUT2D eigenvalue weighted by Gasteiger charge is 2.25. The number of likely N-dealkylation sites (N-methyl/N-ethyl adjacent to an activating group) is 1. The number of nitrogens with zero attached hydrogens (tertiary/aromatic N) is 1. The lowest BCUT2D eigenvalue weighted by atomic mass is 10.1. The molecule has 0 saturated heterocycles. The van der Waals surface area contributed by atoms with E-state index in [1.54, 1.807) is 0 Å². The van der Waals surface area contributed by atoms with Crippen molar-refractivity contribution in [3.63, 3.8) is 0 Å². The number of carbonyl (C=O) groups excluding carboxylic acids is 1. The largest absolute Gasteiger partial charge is 0.351 e. The van der Waals surface area contributed by atoms with Crippen molar-refractivity contribution in [2.45, 2.75) is 25.4 Å². The molecule has 0 atom stereocenters. The monoisotopic (exact) mass is 247 g/mol. The first-order valence-electron chi connectivity index (χ1n) is 6.48. The van der Waals surface area contributed by atoms with E-state index in [1.165, 1.54) is 12.8 Å². The third kappa shape index (κ3) is 3.55. The first-order chi connectivity index (χ1) is 8.70.